The molecule has 0 bridgehead atoms. The first kappa shape index (κ1) is 12.2. The van der Waals surface area contributed by atoms with Crippen molar-refractivity contribution in [3.8, 4) is 0 Å². The summed E-state index contributed by atoms with van der Waals surface area (Å²) in [7, 11) is 0. The number of nitrogens with zero attached hydrogens (tertiary/aromatic N) is 2. The van der Waals surface area contributed by atoms with Crippen LogP contribution in [0.1, 0.15) is 12.8 Å². The van der Waals surface area contributed by atoms with Crippen molar-refractivity contribution in [1.29, 1.82) is 0 Å². The zero-order chi connectivity index (χ0) is 12.3. The third kappa shape index (κ3) is 3.10. The number of anilines is 1. The van der Waals surface area contributed by atoms with Crippen molar-refractivity contribution < 1.29 is 13.9 Å². The SMILES string of the molecule is O=C(Nc1nc(Cl)ncc1F)C1CCOCC1. The molecule has 0 spiro atoms. The molecule has 2 rings (SSSR count). The average molecular weight is 260 g/mol. The fourth-order valence-corrected chi connectivity index (χ4v) is 1.75. The Balaban J connectivity index is 2.04. The van der Waals surface area contributed by atoms with Gasteiger partial charge in [0.2, 0.25) is 11.2 Å². The Bertz CT molecular complexity index is 424. The van der Waals surface area contributed by atoms with E-state index in [-0.39, 0.29) is 22.9 Å². The lowest BCUT2D eigenvalue weighted by Crippen LogP contribution is -2.29. The van der Waals surface area contributed by atoms with Crippen LogP contribution in [0.2, 0.25) is 5.28 Å². The van der Waals surface area contributed by atoms with Gasteiger partial charge in [0.25, 0.3) is 0 Å². The topological polar surface area (TPSA) is 64.1 Å². The van der Waals surface area contributed by atoms with E-state index in [1.165, 1.54) is 0 Å². The van der Waals surface area contributed by atoms with E-state index < -0.39 is 5.82 Å². The molecule has 0 unspecified atom stereocenters. The van der Waals surface area contributed by atoms with Crippen LogP contribution in [-0.2, 0) is 9.53 Å². The molecular formula is C10H11ClFN3O2. The molecule has 1 aromatic heterocycles. The largest absolute Gasteiger partial charge is 0.381 e. The van der Waals surface area contributed by atoms with Crippen molar-refractivity contribution in [2.45, 2.75) is 12.8 Å². The number of ether oxygens (including phenoxy) is 1. The Morgan fingerprint density at radius 2 is 2.24 bits per heavy atom. The van der Waals surface area contributed by atoms with Gasteiger partial charge in [-0.1, -0.05) is 0 Å². The van der Waals surface area contributed by atoms with Crippen molar-refractivity contribution in [2.75, 3.05) is 18.5 Å². The minimum absolute atomic E-state index is 0.103. The Kier molecular flexibility index (Phi) is 3.86. The van der Waals surface area contributed by atoms with Gasteiger partial charge in [0.1, 0.15) is 0 Å². The van der Waals surface area contributed by atoms with Gasteiger partial charge in [0.05, 0.1) is 6.20 Å². The lowest BCUT2D eigenvalue weighted by molar-refractivity contribution is -0.122. The van der Waals surface area contributed by atoms with Crippen LogP contribution in [0.5, 0.6) is 0 Å². The summed E-state index contributed by atoms with van der Waals surface area (Å²) >= 11 is 5.53. The van der Waals surface area contributed by atoms with Crippen molar-refractivity contribution in [3.63, 3.8) is 0 Å². The predicted octanol–water partition coefficient (Wildman–Crippen LogP) is 1.63. The van der Waals surface area contributed by atoms with Crippen LogP contribution in [0, 0.1) is 11.7 Å². The third-order valence-corrected chi connectivity index (χ3v) is 2.73. The lowest BCUT2D eigenvalue weighted by Gasteiger charge is -2.20. The summed E-state index contributed by atoms with van der Waals surface area (Å²) in [5.74, 6) is -1.31. The predicted molar refractivity (Wildman–Crippen MR) is 59.2 cm³/mol. The van der Waals surface area contributed by atoms with Gasteiger partial charge in [0, 0.05) is 19.1 Å². The molecule has 0 aliphatic carbocycles. The number of rotatable bonds is 2. The van der Waals surface area contributed by atoms with Crippen LogP contribution in [0.15, 0.2) is 6.20 Å². The Morgan fingerprint density at radius 3 is 2.94 bits per heavy atom. The lowest BCUT2D eigenvalue weighted by atomic mass is 9.99. The van der Waals surface area contributed by atoms with Crippen molar-refractivity contribution in [1.82, 2.24) is 9.97 Å². The van der Waals surface area contributed by atoms with E-state index >= 15 is 0 Å². The second kappa shape index (κ2) is 5.37. The molecule has 1 aliphatic rings. The molecule has 1 aliphatic heterocycles. The van der Waals surface area contributed by atoms with Gasteiger partial charge in [0.15, 0.2) is 11.6 Å². The number of amides is 1. The van der Waals surface area contributed by atoms with Gasteiger partial charge >= 0.3 is 0 Å². The van der Waals surface area contributed by atoms with E-state index in [1.54, 1.807) is 0 Å². The molecule has 1 amide bonds. The van der Waals surface area contributed by atoms with E-state index in [4.69, 9.17) is 16.3 Å². The number of nitrogens with one attached hydrogen (secondary N) is 1. The first-order valence-electron chi connectivity index (χ1n) is 5.23. The van der Waals surface area contributed by atoms with E-state index in [0.29, 0.717) is 26.1 Å². The Labute approximate surface area is 102 Å². The van der Waals surface area contributed by atoms with Gasteiger partial charge in [-0.25, -0.2) is 9.37 Å². The number of hydrogen-bond acceptors (Lipinski definition) is 4. The van der Waals surface area contributed by atoms with Crippen molar-refractivity contribution >= 4 is 23.3 Å². The molecule has 0 atom stereocenters. The smallest absolute Gasteiger partial charge is 0.228 e. The van der Waals surface area contributed by atoms with Crippen LogP contribution in [0.3, 0.4) is 0 Å². The second-order valence-corrected chi connectivity index (χ2v) is 4.05. The highest BCUT2D eigenvalue weighted by atomic mass is 35.5. The zero-order valence-corrected chi connectivity index (χ0v) is 9.71. The summed E-state index contributed by atoms with van der Waals surface area (Å²) in [6.07, 6.45) is 2.19. The third-order valence-electron chi connectivity index (χ3n) is 2.55. The summed E-state index contributed by atoms with van der Waals surface area (Å²) in [5.41, 5.74) is 0. The summed E-state index contributed by atoms with van der Waals surface area (Å²) in [4.78, 5) is 18.9. The molecule has 7 heteroatoms. The number of carbonyl (C=O) groups excluding carboxylic acids is 1. The normalized spacial score (nSPS) is 16.8. The molecule has 1 aromatic rings. The molecule has 0 radical (unpaired) electrons. The molecule has 0 aromatic carbocycles. The van der Waals surface area contributed by atoms with Gasteiger partial charge in [-0.15, -0.1) is 0 Å². The monoisotopic (exact) mass is 259 g/mol. The van der Waals surface area contributed by atoms with E-state index in [2.05, 4.69) is 15.3 Å². The Hall–Kier alpha value is -1.27. The molecule has 2 heterocycles. The van der Waals surface area contributed by atoms with Crippen LogP contribution >= 0.6 is 11.6 Å². The fourth-order valence-electron chi connectivity index (χ4n) is 1.61. The quantitative estimate of drug-likeness (QED) is 0.820. The highest BCUT2D eigenvalue weighted by molar-refractivity contribution is 6.28. The van der Waals surface area contributed by atoms with Crippen molar-refractivity contribution in [3.05, 3.63) is 17.3 Å². The zero-order valence-electron chi connectivity index (χ0n) is 8.95. The first-order valence-corrected chi connectivity index (χ1v) is 5.61. The van der Waals surface area contributed by atoms with Gasteiger partial charge in [-0.05, 0) is 24.4 Å². The highest BCUT2D eigenvalue weighted by Gasteiger charge is 2.22. The van der Waals surface area contributed by atoms with Crippen LogP contribution in [-0.4, -0.2) is 29.1 Å². The van der Waals surface area contributed by atoms with E-state index in [9.17, 15) is 9.18 Å². The maximum atomic E-state index is 13.3. The number of carbonyl (C=O) groups is 1. The van der Waals surface area contributed by atoms with Crippen LogP contribution in [0.4, 0.5) is 10.2 Å². The number of halogens is 2. The minimum atomic E-state index is -0.699. The van der Waals surface area contributed by atoms with Gasteiger partial charge < -0.3 is 10.1 Å². The van der Waals surface area contributed by atoms with Crippen LogP contribution in [0.25, 0.3) is 0 Å². The summed E-state index contributed by atoms with van der Waals surface area (Å²) < 4.78 is 18.4. The molecule has 5 nitrogen and oxygen atoms in total. The Morgan fingerprint density at radius 1 is 1.53 bits per heavy atom. The second-order valence-electron chi connectivity index (χ2n) is 3.71. The molecule has 1 fully saturated rings. The fraction of sp³-hybridized carbons (Fsp3) is 0.500. The molecule has 0 saturated carbocycles. The summed E-state index contributed by atoms with van der Waals surface area (Å²) in [5, 5.41) is 2.31. The molecule has 92 valence electrons. The number of aromatic nitrogens is 2. The highest BCUT2D eigenvalue weighted by Crippen LogP contribution is 2.18. The standard InChI is InChI=1S/C10H11ClFN3O2/c11-10-13-5-7(12)8(15-10)14-9(16)6-1-3-17-4-2-6/h5-6H,1-4H2,(H,13,14,15,16). The molecule has 1 N–H and O–H groups in total. The molecular weight excluding hydrogens is 249 g/mol. The first-order chi connectivity index (χ1) is 8.16. The van der Waals surface area contributed by atoms with E-state index in [1.807, 2.05) is 0 Å². The van der Waals surface area contributed by atoms with Gasteiger partial charge in [-0.2, -0.15) is 4.98 Å². The van der Waals surface area contributed by atoms with Crippen molar-refractivity contribution in [2.24, 2.45) is 5.92 Å². The van der Waals surface area contributed by atoms with E-state index in [0.717, 1.165) is 6.20 Å². The van der Waals surface area contributed by atoms with Gasteiger partial charge in [-0.3, -0.25) is 4.79 Å². The number of hydrogen-bond donors (Lipinski definition) is 1. The average Bonchev–Trinajstić information content (AvgIpc) is 2.35. The van der Waals surface area contributed by atoms with Crippen LogP contribution < -0.4 is 5.32 Å². The molecule has 1 saturated heterocycles. The molecule has 17 heavy (non-hydrogen) atoms. The summed E-state index contributed by atoms with van der Waals surface area (Å²) in [6, 6.07) is 0. The maximum Gasteiger partial charge on any atom is 0.228 e. The summed E-state index contributed by atoms with van der Waals surface area (Å²) in [6.45, 7) is 1.09. The maximum absolute atomic E-state index is 13.3. The minimum Gasteiger partial charge on any atom is -0.381 e.